The molecule has 0 aliphatic carbocycles. The number of nitrogens with one attached hydrogen (secondary N) is 1. The number of rotatable bonds is 5. The Morgan fingerprint density at radius 2 is 1.90 bits per heavy atom. The normalized spacial score (nSPS) is 18.7. The summed E-state index contributed by atoms with van der Waals surface area (Å²) in [6.07, 6.45) is 0.708. The van der Waals surface area contributed by atoms with E-state index in [0.29, 0.717) is 36.3 Å². The molecule has 4 rings (SSSR count). The molecule has 8 nitrogen and oxygen atoms in total. The smallest absolute Gasteiger partial charge is 0.322 e. The molecule has 0 radical (unpaired) electrons. The molecule has 0 unspecified atom stereocenters. The van der Waals surface area contributed by atoms with Crippen molar-refractivity contribution >= 4 is 17.6 Å². The van der Waals surface area contributed by atoms with E-state index in [1.165, 1.54) is 17.0 Å². The molecule has 29 heavy (non-hydrogen) atoms. The average Bonchev–Trinajstić information content (AvgIpc) is 3.06. The SMILES string of the molecule is CN1C(=O)N[C@@H](c2cccc([N+](=O)[O-])c2)C2=C1CN(CCc1ccccc1)C2=O. The van der Waals surface area contributed by atoms with Gasteiger partial charge in [0.2, 0.25) is 0 Å². The van der Waals surface area contributed by atoms with Crippen molar-refractivity contribution in [2.24, 2.45) is 0 Å². The lowest BCUT2D eigenvalue weighted by Crippen LogP contribution is -2.45. The predicted octanol–water partition coefficient (Wildman–Crippen LogP) is 2.63. The largest absolute Gasteiger partial charge is 0.333 e. The molecule has 0 aromatic heterocycles. The first-order chi connectivity index (χ1) is 14.0. The second-order valence-corrected chi connectivity index (χ2v) is 7.12. The predicted molar refractivity (Wildman–Crippen MR) is 106 cm³/mol. The monoisotopic (exact) mass is 392 g/mol. The van der Waals surface area contributed by atoms with E-state index in [1.54, 1.807) is 24.1 Å². The van der Waals surface area contributed by atoms with Gasteiger partial charge in [0.15, 0.2) is 0 Å². The van der Waals surface area contributed by atoms with Crippen molar-refractivity contribution in [2.75, 3.05) is 20.1 Å². The first-order valence-corrected chi connectivity index (χ1v) is 9.30. The van der Waals surface area contributed by atoms with Gasteiger partial charge in [-0.2, -0.15) is 0 Å². The van der Waals surface area contributed by atoms with Gasteiger partial charge in [-0.25, -0.2) is 4.79 Å². The number of amides is 3. The molecule has 0 spiro atoms. The number of hydrogen-bond acceptors (Lipinski definition) is 4. The summed E-state index contributed by atoms with van der Waals surface area (Å²) in [5.41, 5.74) is 2.68. The lowest BCUT2D eigenvalue weighted by Gasteiger charge is -2.31. The highest BCUT2D eigenvalue weighted by atomic mass is 16.6. The van der Waals surface area contributed by atoms with Gasteiger partial charge in [-0.05, 0) is 17.5 Å². The molecule has 1 N–H and O–H groups in total. The second kappa shape index (κ2) is 7.38. The van der Waals surface area contributed by atoms with Gasteiger partial charge in [-0.1, -0.05) is 42.5 Å². The van der Waals surface area contributed by atoms with Crippen LogP contribution in [0.25, 0.3) is 0 Å². The van der Waals surface area contributed by atoms with Gasteiger partial charge < -0.3 is 10.2 Å². The Hall–Kier alpha value is -3.68. The zero-order chi connectivity index (χ0) is 20.5. The highest BCUT2D eigenvalue weighted by molar-refractivity contribution is 6.01. The number of hydrogen-bond donors (Lipinski definition) is 1. The van der Waals surface area contributed by atoms with Crippen molar-refractivity contribution in [1.82, 2.24) is 15.1 Å². The van der Waals surface area contributed by atoms with Crippen LogP contribution < -0.4 is 5.32 Å². The van der Waals surface area contributed by atoms with Crippen LogP contribution >= 0.6 is 0 Å². The van der Waals surface area contributed by atoms with E-state index >= 15 is 0 Å². The molecule has 0 saturated carbocycles. The molecule has 8 heteroatoms. The average molecular weight is 392 g/mol. The number of carbonyl (C=O) groups is 2. The molecule has 148 valence electrons. The fourth-order valence-corrected chi connectivity index (χ4v) is 3.78. The van der Waals surface area contributed by atoms with E-state index in [1.807, 2.05) is 30.3 Å². The number of likely N-dealkylation sites (N-methyl/N-ethyl adjacent to an activating group) is 1. The first kappa shape index (κ1) is 18.7. The van der Waals surface area contributed by atoms with Crippen LogP contribution in [0.5, 0.6) is 0 Å². The number of carbonyl (C=O) groups excluding carboxylic acids is 2. The Balaban J connectivity index is 1.62. The Kier molecular flexibility index (Phi) is 4.75. The summed E-state index contributed by atoms with van der Waals surface area (Å²) in [5.74, 6) is -0.153. The third kappa shape index (κ3) is 3.44. The molecule has 0 saturated heterocycles. The van der Waals surface area contributed by atoms with Gasteiger partial charge in [-0.3, -0.25) is 19.8 Å². The van der Waals surface area contributed by atoms with Gasteiger partial charge in [-0.15, -0.1) is 0 Å². The molecule has 2 aliphatic heterocycles. The maximum atomic E-state index is 13.2. The minimum Gasteiger partial charge on any atom is -0.333 e. The third-order valence-electron chi connectivity index (χ3n) is 5.36. The van der Waals surface area contributed by atoms with Crippen LogP contribution in [0, 0.1) is 10.1 Å². The summed E-state index contributed by atoms with van der Waals surface area (Å²) < 4.78 is 0. The number of nitro benzene ring substituents is 1. The number of benzene rings is 2. The summed E-state index contributed by atoms with van der Waals surface area (Å²) >= 11 is 0. The molecule has 0 bridgehead atoms. The van der Waals surface area contributed by atoms with Gasteiger partial charge in [0.1, 0.15) is 0 Å². The zero-order valence-corrected chi connectivity index (χ0v) is 15.9. The number of nitro groups is 1. The standard InChI is InChI=1S/C21H20N4O4/c1-23-17-13-24(11-10-14-6-3-2-4-7-14)20(26)18(17)19(22-21(23)27)15-8-5-9-16(12-15)25(28)29/h2-9,12,19H,10-11,13H2,1H3,(H,22,27)/t19-/m0/s1. The van der Waals surface area contributed by atoms with E-state index in [4.69, 9.17) is 0 Å². The van der Waals surface area contributed by atoms with E-state index in [9.17, 15) is 19.7 Å². The van der Waals surface area contributed by atoms with Crippen LogP contribution in [-0.4, -0.2) is 46.8 Å². The summed E-state index contributed by atoms with van der Waals surface area (Å²) in [7, 11) is 1.63. The fourth-order valence-electron chi connectivity index (χ4n) is 3.78. The summed E-state index contributed by atoms with van der Waals surface area (Å²) in [5, 5.41) is 13.9. The highest BCUT2D eigenvalue weighted by Crippen LogP contribution is 2.36. The topological polar surface area (TPSA) is 95.8 Å². The Bertz CT molecular complexity index is 1020. The molecule has 2 aromatic carbocycles. The second-order valence-electron chi connectivity index (χ2n) is 7.12. The van der Waals surface area contributed by atoms with Gasteiger partial charge in [0.25, 0.3) is 11.6 Å². The molecule has 0 fully saturated rings. The molecular formula is C21H20N4O4. The number of nitrogens with zero attached hydrogens (tertiary/aromatic N) is 3. The highest BCUT2D eigenvalue weighted by Gasteiger charge is 2.42. The van der Waals surface area contributed by atoms with Crippen LogP contribution in [0.15, 0.2) is 65.9 Å². The Morgan fingerprint density at radius 3 is 2.62 bits per heavy atom. The summed E-state index contributed by atoms with van der Waals surface area (Å²) in [6.45, 7) is 0.871. The zero-order valence-electron chi connectivity index (χ0n) is 15.9. The van der Waals surface area contributed by atoms with Crippen molar-refractivity contribution in [3.05, 3.63) is 87.1 Å². The minimum absolute atomic E-state index is 0.0794. The number of non-ortho nitro benzene ring substituents is 1. The summed E-state index contributed by atoms with van der Waals surface area (Å²) in [6, 6.07) is 14.9. The maximum Gasteiger partial charge on any atom is 0.322 e. The number of urea groups is 1. The molecule has 2 heterocycles. The molecule has 2 aliphatic rings. The van der Waals surface area contributed by atoms with Crippen molar-refractivity contribution in [1.29, 1.82) is 0 Å². The van der Waals surface area contributed by atoms with Gasteiger partial charge >= 0.3 is 6.03 Å². The summed E-state index contributed by atoms with van der Waals surface area (Å²) in [4.78, 5) is 39.4. The first-order valence-electron chi connectivity index (χ1n) is 9.30. The quantitative estimate of drug-likeness (QED) is 0.625. The fraction of sp³-hybridized carbons (Fsp3) is 0.238. The lowest BCUT2D eigenvalue weighted by molar-refractivity contribution is -0.384. The van der Waals surface area contributed by atoms with Crippen LogP contribution in [0.1, 0.15) is 17.2 Å². The van der Waals surface area contributed by atoms with Crippen LogP contribution in [-0.2, 0) is 11.2 Å². The Morgan fingerprint density at radius 1 is 1.14 bits per heavy atom. The van der Waals surface area contributed by atoms with Crippen molar-refractivity contribution in [3.63, 3.8) is 0 Å². The molecule has 1 atom stereocenters. The van der Waals surface area contributed by atoms with Crippen LogP contribution in [0.3, 0.4) is 0 Å². The van der Waals surface area contributed by atoms with E-state index in [0.717, 1.165) is 5.56 Å². The lowest BCUT2D eigenvalue weighted by atomic mass is 9.95. The third-order valence-corrected chi connectivity index (χ3v) is 5.36. The van der Waals surface area contributed by atoms with E-state index in [-0.39, 0.29) is 17.6 Å². The van der Waals surface area contributed by atoms with Gasteiger partial charge in [0, 0.05) is 25.7 Å². The van der Waals surface area contributed by atoms with E-state index in [2.05, 4.69) is 5.32 Å². The van der Waals surface area contributed by atoms with Crippen molar-refractivity contribution in [3.8, 4) is 0 Å². The van der Waals surface area contributed by atoms with Crippen LogP contribution in [0.2, 0.25) is 0 Å². The van der Waals surface area contributed by atoms with E-state index < -0.39 is 11.0 Å². The Labute approximate surface area is 167 Å². The van der Waals surface area contributed by atoms with Crippen LogP contribution in [0.4, 0.5) is 10.5 Å². The molecule has 2 aromatic rings. The molecule has 3 amide bonds. The molecular weight excluding hydrogens is 372 g/mol. The maximum absolute atomic E-state index is 13.2. The van der Waals surface area contributed by atoms with Crippen molar-refractivity contribution < 1.29 is 14.5 Å². The van der Waals surface area contributed by atoms with Gasteiger partial charge in [0.05, 0.1) is 28.8 Å². The van der Waals surface area contributed by atoms with Crippen molar-refractivity contribution in [2.45, 2.75) is 12.5 Å². The minimum atomic E-state index is -0.706.